The average Bonchev–Trinajstić information content (AvgIpc) is 2.08. The quantitative estimate of drug-likeness (QED) is 0.795. The molecule has 0 aromatic heterocycles. The molecule has 0 radical (unpaired) electrons. The van der Waals surface area contributed by atoms with Crippen LogP contribution in [-0.4, -0.2) is 42.0 Å². The SMILES string of the molecule is CC(C)CC1C(=O)NCCN1CC(C)(C)N.Cl. The molecule has 1 aliphatic rings. The molecule has 1 unspecified atom stereocenters. The van der Waals surface area contributed by atoms with E-state index in [-0.39, 0.29) is 29.9 Å². The molecule has 17 heavy (non-hydrogen) atoms. The molecule has 3 N–H and O–H groups in total. The van der Waals surface area contributed by atoms with Gasteiger partial charge in [0.15, 0.2) is 0 Å². The molecule has 1 rings (SSSR count). The van der Waals surface area contributed by atoms with Gasteiger partial charge in [0, 0.05) is 25.2 Å². The average molecular weight is 264 g/mol. The van der Waals surface area contributed by atoms with Crippen molar-refractivity contribution in [3.8, 4) is 0 Å². The first kappa shape index (κ1) is 16.7. The normalized spacial score (nSPS) is 22.2. The van der Waals surface area contributed by atoms with E-state index in [0.29, 0.717) is 5.92 Å². The predicted octanol–water partition coefficient (Wildman–Crippen LogP) is 0.992. The zero-order valence-corrected chi connectivity index (χ0v) is 12.1. The molecular weight excluding hydrogens is 238 g/mol. The first-order valence-corrected chi connectivity index (χ1v) is 6.10. The molecule has 1 amide bonds. The van der Waals surface area contributed by atoms with Crippen LogP contribution in [-0.2, 0) is 4.79 Å². The van der Waals surface area contributed by atoms with Crippen LogP contribution in [0.25, 0.3) is 0 Å². The van der Waals surface area contributed by atoms with Crippen molar-refractivity contribution in [1.29, 1.82) is 0 Å². The molecule has 0 spiro atoms. The van der Waals surface area contributed by atoms with Crippen LogP contribution in [0.15, 0.2) is 0 Å². The van der Waals surface area contributed by atoms with Crippen molar-refractivity contribution in [1.82, 2.24) is 10.2 Å². The number of nitrogens with zero attached hydrogens (tertiary/aromatic N) is 1. The minimum atomic E-state index is -0.243. The predicted molar refractivity (Wildman–Crippen MR) is 73.3 cm³/mol. The van der Waals surface area contributed by atoms with Crippen LogP contribution in [0.4, 0.5) is 0 Å². The van der Waals surface area contributed by atoms with E-state index in [4.69, 9.17) is 5.73 Å². The number of hydrogen-bond donors (Lipinski definition) is 2. The summed E-state index contributed by atoms with van der Waals surface area (Å²) in [5, 5.41) is 2.93. The number of amides is 1. The third-order valence-electron chi connectivity index (χ3n) is 2.75. The Bertz CT molecular complexity index is 251. The molecule has 1 aliphatic heterocycles. The fourth-order valence-corrected chi connectivity index (χ4v) is 2.18. The largest absolute Gasteiger partial charge is 0.353 e. The van der Waals surface area contributed by atoms with E-state index in [1.54, 1.807) is 0 Å². The fourth-order valence-electron chi connectivity index (χ4n) is 2.18. The molecule has 5 heteroatoms. The Labute approximate surface area is 111 Å². The van der Waals surface area contributed by atoms with Gasteiger partial charge in [0.25, 0.3) is 0 Å². The van der Waals surface area contributed by atoms with Gasteiger partial charge in [-0.25, -0.2) is 0 Å². The standard InChI is InChI=1S/C12H25N3O.ClH/c1-9(2)7-10-11(16)14-5-6-15(10)8-12(3,4)13;/h9-10H,5-8,13H2,1-4H3,(H,14,16);1H. The molecule has 1 saturated heterocycles. The monoisotopic (exact) mass is 263 g/mol. The highest BCUT2D eigenvalue weighted by atomic mass is 35.5. The first-order chi connectivity index (χ1) is 7.29. The number of carbonyl (C=O) groups excluding carboxylic acids is 1. The number of nitrogens with one attached hydrogen (secondary N) is 1. The third-order valence-corrected chi connectivity index (χ3v) is 2.75. The summed E-state index contributed by atoms with van der Waals surface area (Å²) in [4.78, 5) is 14.1. The van der Waals surface area contributed by atoms with Gasteiger partial charge in [-0.2, -0.15) is 0 Å². The molecule has 0 bridgehead atoms. The molecule has 0 aromatic carbocycles. The highest BCUT2D eigenvalue weighted by Crippen LogP contribution is 2.16. The van der Waals surface area contributed by atoms with E-state index in [2.05, 4.69) is 24.1 Å². The van der Waals surface area contributed by atoms with Crippen molar-refractivity contribution in [2.24, 2.45) is 11.7 Å². The highest BCUT2D eigenvalue weighted by molar-refractivity contribution is 5.85. The lowest BCUT2D eigenvalue weighted by atomic mass is 9.97. The molecule has 1 fully saturated rings. The smallest absolute Gasteiger partial charge is 0.237 e. The fraction of sp³-hybridized carbons (Fsp3) is 0.917. The molecule has 102 valence electrons. The summed E-state index contributed by atoms with van der Waals surface area (Å²) < 4.78 is 0. The number of hydrogen-bond acceptors (Lipinski definition) is 3. The summed E-state index contributed by atoms with van der Waals surface area (Å²) in [6.07, 6.45) is 0.905. The van der Waals surface area contributed by atoms with Crippen molar-refractivity contribution in [3.05, 3.63) is 0 Å². The summed E-state index contributed by atoms with van der Waals surface area (Å²) >= 11 is 0. The number of halogens is 1. The maximum Gasteiger partial charge on any atom is 0.237 e. The molecule has 0 aliphatic carbocycles. The summed E-state index contributed by atoms with van der Waals surface area (Å²) in [6.45, 7) is 10.7. The second-order valence-corrected chi connectivity index (χ2v) is 5.90. The maximum atomic E-state index is 11.8. The van der Waals surface area contributed by atoms with E-state index in [0.717, 1.165) is 26.1 Å². The highest BCUT2D eigenvalue weighted by Gasteiger charge is 2.32. The number of nitrogens with two attached hydrogens (primary N) is 1. The van der Waals surface area contributed by atoms with Crippen LogP contribution in [0.2, 0.25) is 0 Å². The Morgan fingerprint density at radius 2 is 2.12 bits per heavy atom. The van der Waals surface area contributed by atoms with Crippen LogP contribution in [0.1, 0.15) is 34.1 Å². The third kappa shape index (κ3) is 5.70. The Morgan fingerprint density at radius 3 is 2.59 bits per heavy atom. The molecule has 0 saturated carbocycles. The van der Waals surface area contributed by atoms with Crippen LogP contribution >= 0.6 is 12.4 Å². The van der Waals surface area contributed by atoms with E-state index in [1.165, 1.54) is 0 Å². The number of piperazine rings is 1. The van der Waals surface area contributed by atoms with Gasteiger partial charge in [0.1, 0.15) is 0 Å². The van der Waals surface area contributed by atoms with E-state index in [9.17, 15) is 4.79 Å². The molecule has 1 atom stereocenters. The maximum absolute atomic E-state index is 11.8. The Hall–Kier alpha value is -0.320. The lowest BCUT2D eigenvalue weighted by molar-refractivity contribution is -0.130. The van der Waals surface area contributed by atoms with E-state index < -0.39 is 0 Å². The number of carbonyl (C=O) groups is 1. The van der Waals surface area contributed by atoms with Crippen LogP contribution < -0.4 is 11.1 Å². The zero-order valence-electron chi connectivity index (χ0n) is 11.3. The van der Waals surface area contributed by atoms with Crippen LogP contribution in [0, 0.1) is 5.92 Å². The van der Waals surface area contributed by atoms with Crippen LogP contribution in [0.3, 0.4) is 0 Å². The first-order valence-electron chi connectivity index (χ1n) is 6.10. The van der Waals surface area contributed by atoms with Gasteiger partial charge in [-0.15, -0.1) is 12.4 Å². The van der Waals surface area contributed by atoms with Crippen molar-refractivity contribution < 1.29 is 4.79 Å². The van der Waals surface area contributed by atoms with Gasteiger partial charge >= 0.3 is 0 Å². The summed E-state index contributed by atoms with van der Waals surface area (Å²) in [5.74, 6) is 0.682. The molecule has 0 aromatic rings. The van der Waals surface area contributed by atoms with Crippen molar-refractivity contribution in [2.75, 3.05) is 19.6 Å². The van der Waals surface area contributed by atoms with Gasteiger partial charge in [-0.3, -0.25) is 9.69 Å². The number of rotatable bonds is 4. The van der Waals surface area contributed by atoms with Gasteiger partial charge in [0.2, 0.25) is 5.91 Å². The lowest BCUT2D eigenvalue weighted by Gasteiger charge is -2.39. The Balaban J connectivity index is 0.00000256. The minimum Gasteiger partial charge on any atom is -0.353 e. The summed E-state index contributed by atoms with van der Waals surface area (Å²) in [5.41, 5.74) is 5.79. The second kappa shape index (κ2) is 6.57. The topological polar surface area (TPSA) is 58.4 Å². The molecule has 1 heterocycles. The Kier molecular flexibility index (Phi) is 6.45. The van der Waals surface area contributed by atoms with Crippen molar-refractivity contribution in [2.45, 2.75) is 45.7 Å². The Morgan fingerprint density at radius 1 is 1.53 bits per heavy atom. The van der Waals surface area contributed by atoms with Crippen LogP contribution in [0.5, 0.6) is 0 Å². The minimum absolute atomic E-state index is 0. The second-order valence-electron chi connectivity index (χ2n) is 5.90. The van der Waals surface area contributed by atoms with E-state index in [1.807, 2.05) is 13.8 Å². The summed E-state index contributed by atoms with van der Waals surface area (Å²) in [7, 11) is 0. The van der Waals surface area contributed by atoms with Crippen molar-refractivity contribution in [3.63, 3.8) is 0 Å². The summed E-state index contributed by atoms with van der Waals surface area (Å²) in [6, 6.07) is -0.00317. The van der Waals surface area contributed by atoms with Gasteiger partial charge in [-0.1, -0.05) is 13.8 Å². The molecule has 4 nitrogen and oxygen atoms in total. The van der Waals surface area contributed by atoms with E-state index >= 15 is 0 Å². The zero-order chi connectivity index (χ0) is 12.3. The molecular formula is C12H26ClN3O. The van der Waals surface area contributed by atoms with Crippen molar-refractivity contribution >= 4 is 18.3 Å². The van der Waals surface area contributed by atoms with Gasteiger partial charge in [-0.05, 0) is 26.2 Å². The van der Waals surface area contributed by atoms with Gasteiger partial charge < -0.3 is 11.1 Å². The lowest BCUT2D eigenvalue weighted by Crippen LogP contribution is -2.59. The van der Waals surface area contributed by atoms with Gasteiger partial charge in [0.05, 0.1) is 6.04 Å².